The number of ether oxygens (including phenoxy) is 1. The maximum absolute atomic E-state index is 11.9. The summed E-state index contributed by atoms with van der Waals surface area (Å²) in [5.41, 5.74) is 1.62. The van der Waals surface area contributed by atoms with E-state index in [-0.39, 0.29) is 5.91 Å². The third-order valence-corrected chi connectivity index (χ3v) is 3.50. The largest absolute Gasteiger partial charge is 0.478 e. The van der Waals surface area contributed by atoms with Crippen molar-refractivity contribution in [2.45, 2.75) is 32.4 Å². The summed E-state index contributed by atoms with van der Waals surface area (Å²) in [6.07, 6.45) is 5.52. The summed E-state index contributed by atoms with van der Waals surface area (Å²) in [5.74, 6) is 1.30. The molecule has 6 heteroatoms. The molecular weight excluding hydrogens is 292 g/mol. The van der Waals surface area contributed by atoms with E-state index in [1.165, 1.54) is 0 Å². The number of carbonyl (C=O) groups excluding carboxylic acids is 1. The topological polar surface area (TPSA) is 76.1 Å². The summed E-state index contributed by atoms with van der Waals surface area (Å²) in [4.78, 5) is 20.4. The summed E-state index contributed by atoms with van der Waals surface area (Å²) < 4.78 is 5.31. The Morgan fingerprint density at radius 3 is 2.70 bits per heavy atom. The number of rotatable bonds is 7. The molecule has 0 saturated heterocycles. The van der Waals surface area contributed by atoms with Crippen LogP contribution in [0.1, 0.15) is 35.7 Å². The van der Waals surface area contributed by atoms with Crippen molar-refractivity contribution in [1.82, 2.24) is 15.3 Å². The Labute approximate surface area is 135 Å². The van der Waals surface area contributed by atoms with E-state index in [4.69, 9.17) is 4.74 Å². The van der Waals surface area contributed by atoms with Gasteiger partial charge in [-0.3, -0.25) is 4.79 Å². The highest BCUT2D eigenvalue weighted by molar-refractivity contribution is 5.94. The number of nitrogens with zero attached hydrogens (tertiary/aromatic N) is 2. The van der Waals surface area contributed by atoms with Crippen LogP contribution in [0.25, 0.3) is 0 Å². The lowest BCUT2D eigenvalue weighted by Gasteiger charge is -2.08. The van der Waals surface area contributed by atoms with Crippen LogP contribution in [-0.4, -0.2) is 28.5 Å². The molecule has 0 unspecified atom stereocenters. The molecule has 23 heavy (non-hydrogen) atoms. The van der Waals surface area contributed by atoms with Crippen molar-refractivity contribution in [2.24, 2.45) is 0 Å². The zero-order valence-electron chi connectivity index (χ0n) is 13.1. The first-order valence-corrected chi connectivity index (χ1v) is 7.83. The van der Waals surface area contributed by atoms with Crippen LogP contribution in [0.2, 0.25) is 0 Å². The third kappa shape index (κ3) is 4.42. The smallest absolute Gasteiger partial charge is 0.253 e. The van der Waals surface area contributed by atoms with Crippen molar-refractivity contribution in [2.75, 3.05) is 11.9 Å². The number of pyridine rings is 2. The number of anilines is 1. The van der Waals surface area contributed by atoms with Crippen molar-refractivity contribution in [3.05, 3.63) is 47.8 Å². The van der Waals surface area contributed by atoms with E-state index < -0.39 is 0 Å². The molecule has 2 aromatic rings. The molecule has 1 fully saturated rings. The average molecular weight is 312 g/mol. The minimum absolute atomic E-state index is 0.0535. The molecule has 2 heterocycles. The fourth-order valence-corrected chi connectivity index (χ4v) is 2.07. The van der Waals surface area contributed by atoms with Gasteiger partial charge in [0.2, 0.25) is 5.88 Å². The van der Waals surface area contributed by atoms with Gasteiger partial charge in [-0.2, -0.15) is 0 Å². The van der Waals surface area contributed by atoms with Crippen LogP contribution in [0.4, 0.5) is 5.82 Å². The van der Waals surface area contributed by atoms with E-state index in [1.54, 1.807) is 18.5 Å². The van der Waals surface area contributed by atoms with Gasteiger partial charge in [-0.15, -0.1) is 0 Å². The Bertz CT molecular complexity index is 651. The summed E-state index contributed by atoms with van der Waals surface area (Å²) >= 11 is 0. The molecule has 6 nitrogen and oxygen atoms in total. The second-order valence-corrected chi connectivity index (χ2v) is 5.47. The summed E-state index contributed by atoms with van der Waals surface area (Å²) in [7, 11) is 0. The van der Waals surface area contributed by atoms with Crippen LogP contribution in [0, 0.1) is 0 Å². The van der Waals surface area contributed by atoms with E-state index in [9.17, 15) is 4.79 Å². The molecule has 1 aliphatic carbocycles. The van der Waals surface area contributed by atoms with Gasteiger partial charge in [-0.05, 0) is 37.5 Å². The van der Waals surface area contributed by atoms with E-state index in [1.807, 2.05) is 25.1 Å². The average Bonchev–Trinajstić information content (AvgIpc) is 3.39. The minimum atomic E-state index is -0.0535. The normalized spacial score (nSPS) is 13.4. The molecule has 2 N–H and O–H groups in total. The van der Waals surface area contributed by atoms with Gasteiger partial charge >= 0.3 is 0 Å². The monoisotopic (exact) mass is 312 g/mol. The van der Waals surface area contributed by atoms with Crippen LogP contribution in [0.3, 0.4) is 0 Å². The fourth-order valence-electron chi connectivity index (χ4n) is 2.07. The molecule has 0 aliphatic heterocycles. The van der Waals surface area contributed by atoms with Crippen LogP contribution < -0.4 is 15.4 Å². The van der Waals surface area contributed by atoms with Gasteiger partial charge < -0.3 is 15.4 Å². The van der Waals surface area contributed by atoms with Crippen molar-refractivity contribution < 1.29 is 9.53 Å². The van der Waals surface area contributed by atoms with Gasteiger partial charge in [-0.1, -0.05) is 6.07 Å². The van der Waals surface area contributed by atoms with Gasteiger partial charge in [0, 0.05) is 31.0 Å². The zero-order chi connectivity index (χ0) is 16.1. The Hall–Kier alpha value is -2.63. The van der Waals surface area contributed by atoms with Crippen LogP contribution in [0.15, 0.2) is 36.7 Å². The molecule has 0 atom stereocenters. The molecule has 0 aromatic carbocycles. The number of nitrogens with one attached hydrogen (secondary N) is 2. The van der Waals surface area contributed by atoms with E-state index >= 15 is 0 Å². The van der Waals surface area contributed by atoms with Crippen molar-refractivity contribution in [3.8, 4) is 5.88 Å². The van der Waals surface area contributed by atoms with Gasteiger partial charge in [0.05, 0.1) is 12.2 Å². The van der Waals surface area contributed by atoms with Crippen molar-refractivity contribution in [3.63, 3.8) is 0 Å². The first-order chi connectivity index (χ1) is 11.2. The van der Waals surface area contributed by atoms with Gasteiger partial charge in [0.25, 0.3) is 5.91 Å². The van der Waals surface area contributed by atoms with Gasteiger partial charge in [0.15, 0.2) is 0 Å². The molecule has 2 aromatic heterocycles. The minimum Gasteiger partial charge on any atom is -0.478 e. The molecule has 0 spiro atoms. The summed E-state index contributed by atoms with van der Waals surface area (Å²) in [6, 6.07) is 7.75. The highest BCUT2D eigenvalue weighted by Crippen LogP contribution is 2.19. The first-order valence-electron chi connectivity index (χ1n) is 7.83. The highest BCUT2D eigenvalue weighted by atomic mass is 16.5. The number of hydrogen-bond acceptors (Lipinski definition) is 5. The molecule has 1 aliphatic rings. The molecule has 1 saturated carbocycles. The van der Waals surface area contributed by atoms with Crippen LogP contribution in [0.5, 0.6) is 5.88 Å². The second kappa shape index (κ2) is 7.09. The molecule has 3 rings (SSSR count). The highest BCUT2D eigenvalue weighted by Gasteiger charge is 2.23. The Balaban J connectivity index is 1.52. The quantitative estimate of drug-likeness (QED) is 0.821. The molecule has 0 radical (unpaired) electrons. The third-order valence-electron chi connectivity index (χ3n) is 3.50. The summed E-state index contributed by atoms with van der Waals surface area (Å²) in [6.45, 7) is 3.15. The Morgan fingerprint density at radius 2 is 2.09 bits per heavy atom. The van der Waals surface area contributed by atoms with Gasteiger partial charge in [-0.25, -0.2) is 9.97 Å². The number of hydrogen-bond donors (Lipinski definition) is 2. The molecule has 1 amide bonds. The maximum atomic E-state index is 11.9. The first kappa shape index (κ1) is 15.3. The Morgan fingerprint density at radius 1 is 1.22 bits per heavy atom. The van der Waals surface area contributed by atoms with Crippen LogP contribution in [-0.2, 0) is 6.54 Å². The lowest BCUT2D eigenvalue weighted by Crippen LogP contribution is -2.25. The standard InChI is InChI=1S/C17H20N4O2/c1-2-23-16-8-3-12(10-20-16)9-18-15-7-4-13(11-19-15)17(22)21-14-5-6-14/h3-4,7-8,10-11,14H,2,5-6,9H2,1H3,(H,18,19)(H,21,22). The van der Waals surface area contributed by atoms with Crippen molar-refractivity contribution >= 4 is 11.7 Å². The summed E-state index contributed by atoms with van der Waals surface area (Å²) in [5, 5.41) is 6.15. The number of aromatic nitrogens is 2. The second-order valence-electron chi connectivity index (χ2n) is 5.47. The van der Waals surface area contributed by atoms with Gasteiger partial charge in [0.1, 0.15) is 5.82 Å². The lowest BCUT2D eigenvalue weighted by molar-refractivity contribution is 0.0950. The zero-order valence-corrected chi connectivity index (χ0v) is 13.1. The molecule has 120 valence electrons. The predicted octanol–water partition coefficient (Wildman–Crippen LogP) is 2.38. The van der Waals surface area contributed by atoms with Crippen LogP contribution >= 0.6 is 0 Å². The van der Waals surface area contributed by atoms with E-state index in [2.05, 4.69) is 20.6 Å². The maximum Gasteiger partial charge on any atom is 0.253 e. The van der Waals surface area contributed by atoms with E-state index in [0.717, 1.165) is 24.2 Å². The lowest BCUT2D eigenvalue weighted by atomic mass is 10.2. The molecular formula is C17H20N4O2. The SMILES string of the molecule is CCOc1ccc(CNc2ccc(C(=O)NC3CC3)cn2)cn1. The van der Waals surface area contributed by atoms with E-state index in [0.29, 0.717) is 30.6 Å². The Kier molecular flexibility index (Phi) is 4.71. The molecule has 0 bridgehead atoms. The predicted molar refractivity (Wildman–Crippen MR) is 87.5 cm³/mol. The fraction of sp³-hybridized carbons (Fsp3) is 0.353. The number of carbonyl (C=O) groups is 1. The number of amides is 1. The van der Waals surface area contributed by atoms with Crippen molar-refractivity contribution in [1.29, 1.82) is 0 Å².